The molecule has 1 N–H and O–H groups in total. The molecule has 2 aromatic carbocycles. The van der Waals surface area contributed by atoms with Crippen LogP contribution in [0.3, 0.4) is 0 Å². The molecule has 1 amide bonds. The van der Waals surface area contributed by atoms with E-state index in [2.05, 4.69) is 59.3 Å². The maximum Gasteiger partial charge on any atom is 0.270 e. The average Bonchev–Trinajstić information content (AvgIpc) is 3.10. The number of hydrogen-bond acceptors (Lipinski definition) is 2. The van der Waals surface area contributed by atoms with Gasteiger partial charge in [0, 0.05) is 43.6 Å². The normalized spacial score (nSPS) is 15.5. The molecule has 4 rings (SSSR count). The van der Waals surface area contributed by atoms with E-state index in [1.54, 1.807) is 0 Å². The Bertz CT molecular complexity index is 892. The number of carbonyl (C=O) groups excluding carboxylic acids is 1. The summed E-state index contributed by atoms with van der Waals surface area (Å²) in [5, 5.41) is 1.11. The minimum Gasteiger partial charge on any atom is -0.351 e. The molecule has 0 bridgehead atoms. The number of hydrogen-bond donors (Lipinski definition) is 1. The van der Waals surface area contributed by atoms with E-state index in [1.165, 1.54) is 11.1 Å². The second kappa shape index (κ2) is 7.34. The molecule has 1 fully saturated rings. The Labute approximate surface area is 154 Å². The Kier molecular flexibility index (Phi) is 4.76. The highest BCUT2D eigenvalue weighted by Crippen LogP contribution is 2.18. The summed E-state index contributed by atoms with van der Waals surface area (Å²) in [5.74, 6) is 0.113. The largest absolute Gasteiger partial charge is 0.351 e. The van der Waals surface area contributed by atoms with E-state index in [0.29, 0.717) is 5.69 Å². The zero-order valence-electron chi connectivity index (χ0n) is 15.2. The van der Waals surface area contributed by atoms with Crippen LogP contribution >= 0.6 is 0 Å². The quantitative estimate of drug-likeness (QED) is 0.785. The summed E-state index contributed by atoms with van der Waals surface area (Å²) in [5.41, 5.74) is 4.31. The lowest BCUT2D eigenvalue weighted by atomic mass is 10.1. The molecule has 1 saturated heterocycles. The van der Waals surface area contributed by atoms with Crippen LogP contribution in [0.2, 0.25) is 0 Å². The van der Waals surface area contributed by atoms with Gasteiger partial charge in [-0.25, -0.2) is 0 Å². The van der Waals surface area contributed by atoms with Crippen LogP contribution in [0.4, 0.5) is 0 Å². The number of carbonyl (C=O) groups is 1. The van der Waals surface area contributed by atoms with Gasteiger partial charge in [0.2, 0.25) is 0 Å². The fourth-order valence-electron chi connectivity index (χ4n) is 3.64. The summed E-state index contributed by atoms with van der Waals surface area (Å²) < 4.78 is 0. The lowest BCUT2D eigenvalue weighted by Crippen LogP contribution is -2.49. The molecule has 26 heavy (non-hydrogen) atoms. The molecule has 1 aromatic heterocycles. The number of piperazine rings is 1. The minimum absolute atomic E-state index is 0.113. The highest BCUT2D eigenvalue weighted by Gasteiger charge is 2.23. The van der Waals surface area contributed by atoms with Crippen LogP contribution in [-0.4, -0.2) is 53.4 Å². The Hall–Kier alpha value is -2.59. The molecule has 3 aromatic rings. The highest BCUT2D eigenvalue weighted by atomic mass is 16.2. The van der Waals surface area contributed by atoms with Crippen molar-refractivity contribution in [2.45, 2.75) is 13.3 Å². The van der Waals surface area contributed by atoms with Gasteiger partial charge >= 0.3 is 0 Å². The van der Waals surface area contributed by atoms with Gasteiger partial charge < -0.3 is 9.88 Å². The van der Waals surface area contributed by atoms with E-state index in [-0.39, 0.29) is 5.91 Å². The number of rotatable bonds is 4. The molecule has 0 spiro atoms. The third-order valence-corrected chi connectivity index (χ3v) is 5.23. The molecular formula is C22H25N3O. The van der Waals surface area contributed by atoms with Crippen molar-refractivity contribution in [3.05, 3.63) is 71.4 Å². The summed E-state index contributed by atoms with van der Waals surface area (Å²) in [6, 6.07) is 18.8. The highest BCUT2D eigenvalue weighted by molar-refractivity contribution is 5.98. The topological polar surface area (TPSA) is 39.3 Å². The van der Waals surface area contributed by atoms with Crippen molar-refractivity contribution in [1.29, 1.82) is 0 Å². The van der Waals surface area contributed by atoms with Crippen LogP contribution in [0.1, 0.15) is 21.6 Å². The van der Waals surface area contributed by atoms with Crippen molar-refractivity contribution in [3.63, 3.8) is 0 Å². The fourth-order valence-corrected chi connectivity index (χ4v) is 3.64. The number of H-pyrrole nitrogens is 1. The summed E-state index contributed by atoms with van der Waals surface area (Å²) in [4.78, 5) is 20.5. The van der Waals surface area contributed by atoms with Crippen molar-refractivity contribution in [2.24, 2.45) is 0 Å². The Morgan fingerprint density at radius 2 is 1.77 bits per heavy atom. The van der Waals surface area contributed by atoms with Gasteiger partial charge in [-0.3, -0.25) is 9.69 Å². The first-order valence-corrected chi connectivity index (χ1v) is 9.34. The fraction of sp³-hybridized carbons (Fsp3) is 0.318. The molecule has 4 nitrogen and oxygen atoms in total. The number of aryl methyl sites for hydroxylation is 1. The molecule has 2 heterocycles. The number of benzene rings is 2. The van der Waals surface area contributed by atoms with Gasteiger partial charge in [0.05, 0.1) is 0 Å². The Morgan fingerprint density at radius 3 is 2.54 bits per heavy atom. The van der Waals surface area contributed by atoms with Gasteiger partial charge in [0.15, 0.2) is 0 Å². The van der Waals surface area contributed by atoms with Crippen LogP contribution in [0, 0.1) is 6.92 Å². The molecule has 0 saturated carbocycles. The van der Waals surface area contributed by atoms with Crippen LogP contribution in [0.5, 0.6) is 0 Å². The lowest BCUT2D eigenvalue weighted by Gasteiger charge is -2.34. The van der Waals surface area contributed by atoms with Gasteiger partial charge in [-0.15, -0.1) is 0 Å². The predicted molar refractivity (Wildman–Crippen MR) is 106 cm³/mol. The van der Waals surface area contributed by atoms with Crippen LogP contribution < -0.4 is 0 Å². The third-order valence-electron chi connectivity index (χ3n) is 5.23. The van der Waals surface area contributed by atoms with Gasteiger partial charge in [-0.2, -0.15) is 0 Å². The van der Waals surface area contributed by atoms with E-state index in [1.807, 2.05) is 17.0 Å². The van der Waals surface area contributed by atoms with Crippen molar-refractivity contribution < 1.29 is 4.79 Å². The lowest BCUT2D eigenvalue weighted by molar-refractivity contribution is 0.0633. The molecule has 0 aliphatic carbocycles. The first kappa shape index (κ1) is 16.9. The maximum atomic E-state index is 12.8. The van der Waals surface area contributed by atoms with Crippen molar-refractivity contribution in [2.75, 3.05) is 32.7 Å². The van der Waals surface area contributed by atoms with Crippen molar-refractivity contribution >= 4 is 16.8 Å². The van der Waals surface area contributed by atoms with Gasteiger partial charge in [-0.1, -0.05) is 42.0 Å². The van der Waals surface area contributed by atoms with Gasteiger partial charge in [-0.05, 0) is 37.1 Å². The summed E-state index contributed by atoms with van der Waals surface area (Å²) in [7, 11) is 0. The number of nitrogens with zero attached hydrogens (tertiary/aromatic N) is 2. The number of nitrogens with one attached hydrogen (secondary N) is 1. The van der Waals surface area contributed by atoms with Crippen molar-refractivity contribution in [3.8, 4) is 0 Å². The van der Waals surface area contributed by atoms with Gasteiger partial charge in [0.25, 0.3) is 5.91 Å². The van der Waals surface area contributed by atoms with E-state index in [0.717, 1.165) is 50.0 Å². The standard InChI is InChI=1S/C22H25N3O/c1-17-7-8-20-19(15-17)16-21(23-20)22(26)25-13-11-24(12-14-25)10-9-18-5-3-2-4-6-18/h2-8,15-16,23H,9-14H2,1H3. The van der Waals surface area contributed by atoms with E-state index >= 15 is 0 Å². The van der Waals surface area contributed by atoms with Crippen LogP contribution in [0.15, 0.2) is 54.6 Å². The van der Waals surface area contributed by atoms with Crippen molar-refractivity contribution in [1.82, 2.24) is 14.8 Å². The molecule has 0 atom stereocenters. The number of fused-ring (bicyclic) bond motifs is 1. The summed E-state index contributed by atoms with van der Waals surface area (Å²) in [6.07, 6.45) is 1.07. The van der Waals surface area contributed by atoms with Crippen LogP contribution in [-0.2, 0) is 6.42 Å². The van der Waals surface area contributed by atoms with E-state index < -0.39 is 0 Å². The predicted octanol–water partition coefficient (Wildman–Crippen LogP) is 3.48. The van der Waals surface area contributed by atoms with Crippen LogP contribution in [0.25, 0.3) is 10.9 Å². The summed E-state index contributed by atoms with van der Waals surface area (Å²) >= 11 is 0. The maximum absolute atomic E-state index is 12.8. The summed E-state index contributed by atoms with van der Waals surface area (Å²) in [6.45, 7) is 6.60. The SMILES string of the molecule is Cc1ccc2[nH]c(C(=O)N3CCN(CCc4ccccc4)CC3)cc2c1. The second-order valence-corrected chi connectivity index (χ2v) is 7.14. The second-order valence-electron chi connectivity index (χ2n) is 7.14. The first-order valence-electron chi connectivity index (χ1n) is 9.34. The molecular weight excluding hydrogens is 322 g/mol. The molecule has 0 radical (unpaired) electrons. The number of amides is 1. The molecule has 1 aliphatic heterocycles. The van der Waals surface area contributed by atoms with E-state index in [4.69, 9.17) is 0 Å². The molecule has 1 aliphatic rings. The molecule has 134 valence electrons. The van der Waals surface area contributed by atoms with E-state index in [9.17, 15) is 4.79 Å². The third kappa shape index (κ3) is 3.65. The molecule has 0 unspecified atom stereocenters. The average molecular weight is 347 g/mol. The zero-order valence-corrected chi connectivity index (χ0v) is 15.2. The van der Waals surface area contributed by atoms with Gasteiger partial charge in [0.1, 0.15) is 5.69 Å². The number of aromatic nitrogens is 1. The minimum atomic E-state index is 0.113. The smallest absolute Gasteiger partial charge is 0.270 e. The zero-order chi connectivity index (χ0) is 17.9. The first-order chi connectivity index (χ1) is 12.7. The molecule has 4 heteroatoms. The Balaban J connectivity index is 1.34. The Morgan fingerprint density at radius 1 is 1.00 bits per heavy atom. The monoisotopic (exact) mass is 347 g/mol. The number of aromatic amines is 1.